The first-order valence-electron chi connectivity index (χ1n) is 13.2. The fourth-order valence-electron chi connectivity index (χ4n) is 4.81. The molecule has 202 valence electrons. The Morgan fingerprint density at radius 3 is 2.37 bits per heavy atom. The van der Waals surface area contributed by atoms with Crippen LogP contribution in [-0.4, -0.2) is 40.6 Å². The van der Waals surface area contributed by atoms with Crippen LogP contribution in [0.5, 0.6) is 5.75 Å². The van der Waals surface area contributed by atoms with Crippen molar-refractivity contribution >= 4 is 27.3 Å². The molecule has 1 amide bonds. The van der Waals surface area contributed by atoms with Crippen molar-refractivity contribution in [3.8, 4) is 5.75 Å². The average Bonchev–Trinajstić information content (AvgIpc) is 2.93. The lowest BCUT2D eigenvalue weighted by Crippen LogP contribution is -2.41. The predicted octanol–water partition coefficient (Wildman–Crippen LogP) is 5.39. The molecular formula is C30H37N3O4S. The van der Waals surface area contributed by atoms with Crippen LogP contribution in [0.4, 0.5) is 11.4 Å². The second kappa shape index (κ2) is 12.3. The van der Waals surface area contributed by atoms with Gasteiger partial charge in [-0.15, -0.1) is 0 Å². The topological polar surface area (TPSA) is 79.0 Å². The highest BCUT2D eigenvalue weighted by atomic mass is 32.2. The Hall–Kier alpha value is -3.52. The van der Waals surface area contributed by atoms with Gasteiger partial charge in [-0.1, -0.05) is 37.3 Å². The van der Waals surface area contributed by atoms with E-state index < -0.39 is 10.0 Å². The van der Waals surface area contributed by atoms with E-state index in [1.54, 1.807) is 36.4 Å². The van der Waals surface area contributed by atoms with Crippen LogP contribution in [-0.2, 0) is 14.8 Å². The van der Waals surface area contributed by atoms with Crippen LogP contribution in [0, 0.1) is 5.92 Å². The van der Waals surface area contributed by atoms with E-state index in [0.29, 0.717) is 24.0 Å². The zero-order valence-corrected chi connectivity index (χ0v) is 23.2. The summed E-state index contributed by atoms with van der Waals surface area (Å²) in [6.45, 7) is 8.33. The molecule has 3 aromatic rings. The molecule has 1 heterocycles. The Bertz CT molecular complexity index is 1300. The lowest BCUT2D eigenvalue weighted by molar-refractivity contribution is -0.120. The quantitative estimate of drug-likeness (QED) is 0.376. The number of sulfonamides is 1. The molecular weight excluding hydrogens is 498 g/mol. The third kappa shape index (κ3) is 6.67. The highest BCUT2D eigenvalue weighted by Gasteiger charge is 2.28. The third-order valence-electron chi connectivity index (χ3n) is 6.85. The molecule has 1 fully saturated rings. The number of rotatable bonds is 10. The minimum absolute atomic E-state index is 0.0910. The number of piperidine rings is 1. The minimum Gasteiger partial charge on any atom is -0.494 e. The number of carbonyl (C=O) groups excluding carboxylic acids is 1. The largest absolute Gasteiger partial charge is 0.494 e. The lowest BCUT2D eigenvalue weighted by Gasteiger charge is -2.33. The van der Waals surface area contributed by atoms with E-state index in [1.165, 1.54) is 30.7 Å². The number of ether oxygens (including phenoxy) is 1. The predicted molar refractivity (Wildman–Crippen MR) is 152 cm³/mol. The molecule has 1 saturated heterocycles. The Balaban J connectivity index is 1.47. The fourth-order valence-corrected chi connectivity index (χ4v) is 6.23. The second-order valence-corrected chi connectivity index (χ2v) is 11.7. The van der Waals surface area contributed by atoms with E-state index in [2.05, 4.69) is 29.3 Å². The molecule has 1 aliphatic rings. The van der Waals surface area contributed by atoms with Gasteiger partial charge in [-0.25, -0.2) is 8.42 Å². The van der Waals surface area contributed by atoms with Crippen LogP contribution in [0.25, 0.3) is 0 Å². The van der Waals surface area contributed by atoms with Crippen LogP contribution in [0.3, 0.4) is 0 Å². The molecule has 4 rings (SSSR count). The Morgan fingerprint density at radius 1 is 1.05 bits per heavy atom. The average molecular weight is 536 g/mol. The standard InChI is InChI=1S/C30H37N3O4S/c1-4-37-28-16-18-29(19-17-28)38(35,36)33(27-10-6-5-7-11-27)22-30(34)31-24(3)25-12-14-26(15-13-25)32-20-8-9-23(2)21-32/h5-7,10-19,23-24H,4,8-9,20-22H2,1-3H3,(H,31,34). The number of nitrogens with one attached hydrogen (secondary N) is 1. The van der Waals surface area contributed by atoms with E-state index in [0.717, 1.165) is 23.0 Å². The van der Waals surface area contributed by atoms with Crippen LogP contribution in [0.2, 0.25) is 0 Å². The number of hydrogen-bond acceptors (Lipinski definition) is 5. The normalized spacial score (nSPS) is 16.5. The van der Waals surface area contributed by atoms with Crippen molar-refractivity contribution in [1.29, 1.82) is 0 Å². The van der Waals surface area contributed by atoms with Gasteiger partial charge in [0.05, 0.1) is 23.2 Å². The maximum atomic E-state index is 13.6. The number of anilines is 2. The van der Waals surface area contributed by atoms with E-state index in [1.807, 2.05) is 32.0 Å². The van der Waals surface area contributed by atoms with Crippen molar-refractivity contribution in [3.05, 3.63) is 84.4 Å². The number of carbonyl (C=O) groups is 1. The Labute approximate surface area is 226 Å². The molecule has 2 unspecified atom stereocenters. The van der Waals surface area contributed by atoms with Crippen LogP contribution >= 0.6 is 0 Å². The van der Waals surface area contributed by atoms with Crippen LogP contribution in [0.15, 0.2) is 83.8 Å². The first-order chi connectivity index (χ1) is 18.3. The van der Waals surface area contributed by atoms with Crippen molar-refractivity contribution in [1.82, 2.24) is 5.32 Å². The molecule has 8 heteroatoms. The molecule has 0 radical (unpaired) electrons. The number of hydrogen-bond donors (Lipinski definition) is 1. The summed E-state index contributed by atoms with van der Waals surface area (Å²) in [7, 11) is -3.99. The number of benzene rings is 3. The maximum absolute atomic E-state index is 13.6. The number of para-hydroxylation sites is 1. The summed E-state index contributed by atoms with van der Waals surface area (Å²) in [5.74, 6) is 0.892. The first kappa shape index (κ1) is 27.5. The third-order valence-corrected chi connectivity index (χ3v) is 8.63. The number of nitrogens with zero attached hydrogens (tertiary/aromatic N) is 2. The van der Waals surface area contributed by atoms with Gasteiger partial charge in [-0.2, -0.15) is 0 Å². The minimum atomic E-state index is -3.99. The molecule has 0 saturated carbocycles. The van der Waals surface area contributed by atoms with Crippen molar-refractivity contribution in [2.75, 3.05) is 35.4 Å². The SMILES string of the molecule is CCOc1ccc(S(=O)(=O)N(CC(=O)NC(C)c2ccc(N3CCCC(C)C3)cc2)c2ccccc2)cc1. The monoisotopic (exact) mass is 535 g/mol. The summed E-state index contributed by atoms with van der Waals surface area (Å²) in [4.78, 5) is 15.6. The molecule has 38 heavy (non-hydrogen) atoms. The summed E-state index contributed by atoms with van der Waals surface area (Å²) in [5.41, 5.74) is 2.58. The second-order valence-electron chi connectivity index (χ2n) is 9.83. The molecule has 1 aliphatic heterocycles. The summed E-state index contributed by atoms with van der Waals surface area (Å²) in [6.07, 6.45) is 2.47. The summed E-state index contributed by atoms with van der Waals surface area (Å²) in [5, 5.41) is 2.97. The highest BCUT2D eigenvalue weighted by Crippen LogP contribution is 2.27. The van der Waals surface area contributed by atoms with Crippen molar-refractivity contribution in [3.63, 3.8) is 0 Å². The van der Waals surface area contributed by atoms with E-state index in [-0.39, 0.29) is 23.4 Å². The molecule has 3 aromatic carbocycles. The van der Waals surface area contributed by atoms with Crippen LogP contribution < -0.4 is 19.3 Å². The van der Waals surface area contributed by atoms with Gasteiger partial charge in [0.15, 0.2) is 0 Å². The molecule has 0 aromatic heterocycles. The zero-order chi connectivity index (χ0) is 27.1. The van der Waals surface area contributed by atoms with Crippen LogP contribution in [0.1, 0.15) is 45.2 Å². The summed E-state index contributed by atoms with van der Waals surface area (Å²) in [6, 6.07) is 22.9. The van der Waals surface area contributed by atoms with Gasteiger partial charge < -0.3 is 15.0 Å². The van der Waals surface area contributed by atoms with E-state index in [4.69, 9.17) is 4.74 Å². The fraction of sp³-hybridized carbons (Fsp3) is 0.367. The molecule has 7 nitrogen and oxygen atoms in total. The van der Waals surface area contributed by atoms with Crippen molar-refractivity contribution < 1.29 is 17.9 Å². The van der Waals surface area contributed by atoms with Gasteiger partial charge in [0.25, 0.3) is 10.0 Å². The molecule has 2 atom stereocenters. The van der Waals surface area contributed by atoms with Gasteiger partial charge in [-0.05, 0) is 86.7 Å². The first-order valence-corrected chi connectivity index (χ1v) is 14.7. The van der Waals surface area contributed by atoms with Gasteiger partial charge in [0.2, 0.25) is 5.91 Å². The molecule has 0 bridgehead atoms. The zero-order valence-electron chi connectivity index (χ0n) is 22.3. The highest BCUT2D eigenvalue weighted by molar-refractivity contribution is 7.92. The Morgan fingerprint density at radius 2 is 1.74 bits per heavy atom. The van der Waals surface area contributed by atoms with E-state index in [9.17, 15) is 13.2 Å². The Kier molecular flexibility index (Phi) is 8.94. The van der Waals surface area contributed by atoms with Crippen molar-refractivity contribution in [2.24, 2.45) is 5.92 Å². The van der Waals surface area contributed by atoms with Gasteiger partial charge in [0.1, 0.15) is 12.3 Å². The summed E-state index contributed by atoms with van der Waals surface area (Å²) < 4.78 is 33.8. The van der Waals surface area contributed by atoms with Crippen molar-refractivity contribution in [2.45, 2.75) is 44.6 Å². The van der Waals surface area contributed by atoms with Gasteiger partial charge in [-0.3, -0.25) is 9.10 Å². The summed E-state index contributed by atoms with van der Waals surface area (Å²) >= 11 is 0. The maximum Gasteiger partial charge on any atom is 0.264 e. The molecule has 0 aliphatic carbocycles. The lowest BCUT2D eigenvalue weighted by atomic mass is 9.99. The molecule has 0 spiro atoms. The van der Waals surface area contributed by atoms with Gasteiger partial charge >= 0.3 is 0 Å². The van der Waals surface area contributed by atoms with Gasteiger partial charge in [0, 0.05) is 18.8 Å². The molecule has 1 N–H and O–H groups in total. The number of amides is 1. The smallest absolute Gasteiger partial charge is 0.264 e. The van der Waals surface area contributed by atoms with E-state index >= 15 is 0 Å².